The number of hydrogen-bond acceptors (Lipinski definition) is 2. The summed E-state index contributed by atoms with van der Waals surface area (Å²) >= 11 is 0. The summed E-state index contributed by atoms with van der Waals surface area (Å²) in [7, 11) is 0. The van der Waals surface area contributed by atoms with Gasteiger partial charge < -0.3 is 10.5 Å². The highest BCUT2D eigenvalue weighted by Crippen LogP contribution is 2.25. The molecule has 0 amide bonds. The summed E-state index contributed by atoms with van der Waals surface area (Å²) in [6, 6.07) is 16.3. The van der Waals surface area contributed by atoms with Crippen LogP contribution in [0, 0.1) is 11.3 Å². The van der Waals surface area contributed by atoms with Gasteiger partial charge in [-0.15, -0.1) is 12.4 Å². The molecule has 0 aliphatic heterocycles. The van der Waals surface area contributed by atoms with Crippen molar-refractivity contribution in [2.75, 3.05) is 6.61 Å². The maximum Gasteiger partial charge on any atom is 0.122 e. The molecular weight excluding hydrogens is 332 g/mol. The Morgan fingerprint density at radius 1 is 0.920 bits per heavy atom. The lowest BCUT2D eigenvalue weighted by Crippen LogP contribution is -2.15. The minimum atomic E-state index is 0. The average Bonchev–Trinajstić information content (AvgIpc) is 2.62. The lowest BCUT2D eigenvalue weighted by molar-refractivity contribution is 0.209. The van der Waals surface area contributed by atoms with Crippen molar-refractivity contribution in [3.63, 3.8) is 0 Å². The zero-order valence-corrected chi connectivity index (χ0v) is 15.4. The summed E-state index contributed by atoms with van der Waals surface area (Å²) in [6.07, 6.45) is 7.60. The number of rotatable bonds is 6. The predicted octanol–water partition coefficient (Wildman–Crippen LogP) is 4.94. The quantitative estimate of drug-likeness (QED) is 0.567. The molecule has 1 aliphatic rings. The van der Waals surface area contributed by atoms with Crippen LogP contribution in [0.25, 0.3) is 0 Å². The Hall–Kier alpha value is -2.00. The van der Waals surface area contributed by atoms with Crippen LogP contribution < -0.4 is 10.5 Å². The molecule has 0 radical (unpaired) electrons. The molecule has 0 atom stereocenters. The lowest BCUT2D eigenvalue weighted by atomic mass is 9.90. The van der Waals surface area contributed by atoms with Gasteiger partial charge in [-0.1, -0.05) is 55.7 Å². The van der Waals surface area contributed by atoms with Gasteiger partial charge in [-0.05, 0) is 48.4 Å². The molecule has 3 nitrogen and oxygen atoms in total. The van der Waals surface area contributed by atoms with E-state index < -0.39 is 0 Å². The molecule has 2 aromatic carbocycles. The van der Waals surface area contributed by atoms with Crippen molar-refractivity contribution in [2.24, 2.45) is 11.7 Å². The second-order valence-corrected chi connectivity index (χ2v) is 6.75. The van der Waals surface area contributed by atoms with Gasteiger partial charge in [-0.25, -0.2) is 0 Å². The van der Waals surface area contributed by atoms with Crippen molar-refractivity contribution in [2.45, 2.75) is 38.5 Å². The van der Waals surface area contributed by atoms with E-state index in [-0.39, 0.29) is 18.2 Å². The molecule has 0 aromatic heterocycles. The van der Waals surface area contributed by atoms with Crippen molar-refractivity contribution in [1.29, 1.82) is 5.41 Å². The van der Waals surface area contributed by atoms with Gasteiger partial charge in [-0.2, -0.15) is 0 Å². The van der Waals surface area contributed by atoms with E-state index in [4.69, 9.17) is 15.9 Å². The molecule has 0 heterocycles. The number of nitrogens with one attached hydrogen (secondary N) is 1. The molecule has 1 fully saturated rings. The highest BCUT2D eigenvalue weighted by atomic mass is 35.5. The van der Waals surface area contributed by atoms with Gasteiger partial charge in [0.15, 0.2) is 0 Å². The molecular formula is C21H27ClN2O. The van der Waals surface area contributed by atoms with Crippen LogP contribution in [0.1, 0.15) is 48.8 Å². The van der Waals surface area contributed by atoms with Gasteiger partial charge in [-0.3, -0.25) is 5.41 Å². The number of nitrogen functional groups attached to an aromatic ring is 1. The summed E-state index contributed by atoms with van der Waals surface area (Å²) in [6.45, 7) is 0.853. The zero-order chi connectivity index (χ0) is 16.8. The molecule has 0 saturated heterocycles. The third-order valence-electron chi connectivity index (χ3n) is 4.81. The standard InChI is InChI=1S/C21H26N2O.ClH/c22-21(23)19-10-6-16(7-11-19)14-17-8-12-20(13-9-17)24-15-18-4-2-1-3-5-18;/h6-13,18H,1-5,14-15H2,(H3,22,23);1H. The number of amidine groups is 1. The monoisotopic (exact) mass is 358 g/mol. The number of benzene rings is 2. The van der Waals surface area contributed by atoms with E-state index in [1.54, 1.807) is 0 Å². The molecule has 134 valence electrons. The minimum absolute atomic E-state index is 0. The van der Waals surface area contributed by atoms with Crippen molar-refractivity contribution in [3.8, 4) is 5.75 Å². The SMILES string of the molecule is Cl.N=C(N)c1ccc(Cc2ccc(OCC3CCCCC3)cc2)cc1. The normalized spacial score (nSPS) is 14.6. The van der Waals surface area contributed by atoms with E-state index in [1.165, 1.54) is 43.2 Å². The largest absolute Gasteiger partial charge is 0.493 e. The van der Waals surface area contributed by atoms with E-state index in [0.29, 0.717) is 0 Å². The second kappa shape index (κ2) is 9.47. The summed E-state index contributed by atoms with van der Waals surface area (Å²) in [5.74, 6) is 1.82. The van der Waals surface area contributed by atoms with E-state index >= 15 is 0 Å². The zero-order valence-electron chi connectivity index (χ0n) is 14.5. The average molecular weight is 359 g/mol. The minimum Gasteiger partial charge on any atom is -0.493 e. The van der Waals surface area contributed by atoms with Crippen LogP contribution in [0.4, 0.5) is 0 Å². The second-order valence-electron chi connectivity index (χ2n) is 6.75. The van der Waals surface area contributed by atoms with Gasteiger partial charge in [0.1, 0.15) is 11.6 Å². The Labute approximate surface area is 156 Å². The van der Waals surface area contributed by atoms with Crippen LogP contribution in [0.5, 0.6) is 5.75 Å². The first kappa shape index (κ1) is 19.3. The van der Waals surface area contributed by atoms with Gasteiger partial charge in [0.05, 0.1) is 6.61 Å². The first-order valence-corrected chi connectivity index (χ1v) is 8.86. The fourth-order valence-corrected chi connectivity index (χ4v) is 3.31. The fraction of sp³-hybridized carbons (Fsp3) is 0.381. The Kier molecular flexibility index (Phi) is 7.32. The maximum atomic E-state index is 7.43. The Morgan fingerprint density at radius 2 is 1.48 bits per heavy atom. The summed E-state index contributed by atoms with van der Waals surface area (Å²) in [5, 5.41) is 7.43. The van der Waals surface area contributed by atoms with Crippen LogP contribution in [0.3, 0.4) is 0 Å². The molecule has 25 heavy (non-hydrogen) atoms. The van der Waals surface area contributed by atoms with Crippen molar-refractivity contribution in [3.05, 3.63) is 65.2 Å². The van der Waals surface area contributed by atoms with E-state index in [1.807, 2.05) is 24.3 Å². The highest BCUT2D eigenvalue weighted by Gasteiger charge is 2.13. The maximum absolute atomic E-state index is 7.43. The van der Waals surface area contributed by atoms with Crippen LogP contribution in [0.2, 0.25) is 0 Å². The van der Waals surface area contributed by atoms with Crippen LogP contribution in [-0.2, 0) is 6.42 Å². The number of halogens is 1. The number of ether oxygens (including phenoxy) is 1. The topological polar surface area (TPSA) is 59.1 Å². The Balaban J connectivity index is 0.00000225. The molecule has 1 aliphatic carbocycles. The molecule has 3 rings (SSSR count). The summed E-state index contributed by atoms with van der Waals surface area (Å²) in [4.78, 5) is 0. The van der Waals surface area contributed by atoms with Crippen molar-refractivity contribution >= 4 is 18.2 Å². The van der Waals surface area contributed by atoms with E-state index in [0.717, 1.165) is 30.3 Å². The van der Waals surface area contributed by atoms with Gasteiger partial charge in [0.2, 0.25) is 0 Å². The fourth-order valence-electron chi connectivity index (χ4n) is 3.31. The summed E-state index contributed by atoms with van der Waals surface area (Å²) < 4.78 is 5.96. The highest BCUT2D eigenvalue weighted by molar-refractivity contribution is 5.94. The predicted molar refractivity (Wildman–Crippen MR) is 106 cm³/mol. The van der Waals surface area contributed by atoms with Gasteiger partial charge >= 0.3 is 0 Å². The van der Waals surface area contributed by atoms with Gasteiger partial charge in [0.25, 0.3) is 0 Å². The lowest BCUT2D eigenvalue weighted by Gasteiger charge is -2.21. The first-order valence-electron chi connectivity index (χ1n) is 8.86. The third-order valence-corrected chi connectivity index (χ3v) is 4.81. The number of hydrogen-bond donors (Lipinski definition) is 2. The third kappa shape index (κ3) is 5.79. The molecule has 0 unspecified atom stereocenters. The molecule has 0 bridgehead atoms. The number of nitrogens with two attached hydrogens (primary N) is 1. The van der Waals surface area contributed by atoms with E-state index in [9.17, 15) is 0 Å². The molecule has 1 saturated carbocycles. The van der Waals surface area contributed by atoms with Gasteiger partial charge in [0, 0.05) is 5.56 Å². The Bertz CT molecular complexity index is 661. The smallest absolute Gasteiger partial charge is 0.122 e. The summed E-state index contributed by atoms with van der Waals surface area (Å²) in [5.41, 5.74) is 8.73. The molecule has 2 aromatic rings. The Morgan fingerprint density at radius 3 is 2.04 bits per heavy atom. The van der Waals surface area contributed by atoms with Crippen molar-refractivity contribution in [1.82, 2.24) is 0 Å². The van der Waals surface area contributed by atoms with Crippen LogP contribution in [0.15, 0.2) is 48.5 Å². The van der Waals surface area contributed by atoms with E-state index in [2.05, 4.69) is 24.3 Å². The van der Waals surface area contributed by atoms with Crippen LogP contribution >= 0.6 is 12.4 Å². The van der Waals surface area contributed by atoms with Crippen molar-refractivity contribution < 1.29 is 4.74 Å². The molecule has 4 heteroatoms. The van der Waals surface area contributed by atoms with Crippen LogP contribution in [-0.4, -0.2) is 12.4 Å². The first-order chi connectivity index (χ1) is 11.7. The molecule has 3 N–H and O–H groups in total. The molecule has 0 spiro atoms.